The molecule has 1 rings (SSSR count). The van der Waals surface area contributed by atoms with Gasteiger partial charge in [-0.05, 0) is 33.2 Å². The number of aliphatic hydroxyl groups is 1. The van der Waals surface area contributed by atoms with E-state index in [1.165, 1.54) is 12.1 Å². The first-order valence-corrected chi connectivity index (χ1v) is 5.25. The zero-order valence-corrected chi connectivity index (χ0v) is 9.90. The number of hydrogen-bond donors (Lipinski definition) is 1. The van der Waals surface area contributed by atoms with E-state index < -0.39 is 6.10 Å². The van der Waals surface area contributed by atoms with Crippen LogP contribution in [0.15, 0.2) is 18.2 Å². The van der Waals surface area contributed by atoms with Crippen molar-refractivity contribution in [2.24, 2.45) is 0 Å². The zero-order chi connectivity index (χ0) is 12.1. The summed E-state index contributed by atoms with van der Waals surface area (Å²) in [6.45, 7) is 2.85. The standard InChI is InChI=1S/C12H18FNO2/c1-9(15)11-5-4-10(13)8-12(11)16-7-6-14(2)3/h4-5,8-9,15H,6-7H2,1-3H3/t9-/m1/s1. The van der Waals surface area contributed by atoms with Gasteiger partial charge in [-0.3, -0.25) is 0 Å². The summed E-state index contributed by atoms with van der Waals surface area (Å²) in [5, 5.41) is 9.49. The number of benzene rings is 1. The lowest BCUT2D eigenvalue weighted by molar-refractivity contribution is 0.188. The highest BCUT2D eigenvalue weighted by Crippen LogP contribution is 2.25. The molecule has 16 heavy (non-hydrogen) atoms. The molecular formula is C12H18FNO2. The maximum absolute atomic E-state index is 13.0. The van der Waals surface area contributed by atoms with Crippen molar-refractivity contribution < 1.29 is 14.2 Å². The molecule has 1 N–H and O–H groups in total. The Morgan fingerprint density at radius 3 is 2.69 bits per heavy atom. The van der Waals surface area contributed by atoms with Gasteiger partial charge in [-0.15, -0.1) is 0 Å². The molecule has 1 aromatic carbocycles. The molecule has 0 amide bonds. The molecule has 0 fully saturated rings. The van der Waals surface area contributed by atoms with Crippen molar-refractivity contribution in [3.05, 3.63) is 29.6 Å². The Morgan fingerprint density at radius 1 is 1.44 bits per heavy atom. The van der Waals surface area contributed by atoms with E-state index in [4.69, 9.17) is 4.74 Å². The SMILES string of the molecule is C[C@@H](O)c1ccc(F)cc1OCCN(C)C. The Hall–Kier alpha value is -1.13. The van der Waals surface area contributed by atoms with E-state index in [1.54, 1.807) is 13.0 Å². The predicted molar refractivity (Wildman–Crippen MR) is 61.1 cm³/mol. The Morgan fingerprint density at radius 2 is 2.12 bits per heavy atom. The fourth-order valence-electron chi connectivity index (χ4n) is 1.32. The molecule has 0 spiro atoms. The highest BCUT2D eigenvalue weighted by molar-refractivity contribution is 5.35. The molecule has 0 aromatic heterocycles. The van der Waals surface area contributed by atoms with Gasteiger partial charge in [0.15, 0.2) is 0 Å². The first-order valence-electron chi connectivity index (χ1n) is 5.25. The minimum atomic E-state index is -0.657. The third kappa shape index (κ3) is 3.79. The van der Waals surface area contributed by atoms with Crippen LogP contribution in [-0.4, -0.2) is 37.3 Å². The maximum atomic E-state index is 13.0. The van der Waals surface area contributed by atoms with Crippen molar-refractivity contribution in [1.29, 1.82) is 0 Å². The quantitative estimate of drug-likeness (QED) is 0.832. The topological polar surface area (TPSA) is 32.7 Å². The van der Waals surface area contributed by atoms with E-state index in [1.807, 2.05) is 19.0 Å². The summed E-state index contributed by atoms with van der Waals surface area (Å²) in [4.78, 5) is 1.97. The molecular weight excluding hydrogens is 209 g/mol. The lowest BCUT2D eigenvalue weighted by atomic mass is 10.1. The summed E-state index contributed by atoms with van der Waals surface area (Å²) < 4.78 is 18.5. The van der Waals surface area contributed by atoms with E-state index in [0.29, 0.717) is 17.9 Å². The Balaban J connectivity index is 2.72. The zero-order valence-electron chi connectivity index (χ0n) is 9.90. The van der Waals surface area contributed by atoms with Crippen LogP contribution in [0.4, 0.5) is 4.39 Å². The van der Waals surface area contributed by atoms with Gasteiger partial charge in [0.25, 0.3) is 0 Å². The number of halogens is 1. The number of aliphatic hydroxyl groups excluding tert-OH is 1. The number of rotatable bonds is 5. The van der Waals surface area contributed by atoms with Crippen LogP contribution in [0.2, 0.25) is 0 Å². The number of likely N-dealkylation sites (N-methyl/N-ethyl adjacent to an activating group) is 1. The maximum Gasteiger partial charge on any atom is 0.128 e. The van der Waals surface area contributed by atoms with Gasteiger partial charge in [-0.25, -0.2) is 4.39 Å². The summed E-state index contributed by atoms with van der Waals surface area (Å²) in [6.07, 6.45) is -0.657. The van der Waals surface area contributed by atoms with Gasteiger partial charge in [0.2, 0.25) is 0 Å². The molecule has 0 unspecified atom stereocenters. The van der Waals surface area contributed by atoms with Crippen LogP contribution < -0.4 is 4.74 Å². The van der Waals surface area contributed by atoms with Crippen LogP contribution in [0.5, 0.6) is 5.75 Å². The molecule has 0 heterocycles. The fraction of sp³-hybridized carbons (Fsp3) is 0.500. The first-order chi connectivity index (χ1) is 7.50. The van der Waals surface area contributed by atoms with Crippen molar-refractivity contribution in [1.82, 2.24) is 4.90 Å². The Bertz CT molecular complexity index is 340. The molecule has 0 saturated carbocycles. The number of ether oxygens (including phenoxy) is 1. The van der Waals surface area contributed by atoms with Crippen molar-refractivity contribution in [2.45, 2.75) is 13.0 Å². The van der Waals surface area contributed by atoms with Crippen molar-refractivity contribution in [3.8, 4) is 5.75 Å². The normalized spacial score (nSPS) is 12.9. The molecule has 0 aliphatic rings. The summed E-state index contributed by atoms with van der Waals surface area (Å²) >= 11 is 0. The molecule has 0 saturated heterocycles. The van der Waals surface area contributed by atoms with Crippen LogP contribution in [0.3, 0.4) is 0 Å². The van der Waals surface area contributed by atoms with E-state index in [-0.39, 0.29) is 5.82 Å². The first kappa shape index (κ1) is 12.9. The van der Waals surface area contributed by atoms with Crippen molar-refractivity contribution >= 4 is 0 Å². The molecule has 90 valence electrons. The van der Waals surface area contributed by atoms with Crippen molar-refractivity contribution in [2.75, 3.05) is 27.2 Å². The van der Waals surface area contributed by atoms with E-state index in [2.05, 4.69) is 0 Å². The van der Waals surface area contributed by atoms with Crippen LogP contribution >= 0.6 is 0 Å². The number of nitrogens with zero attached hydrogens (tertiary/aromatic N) is 1. The summed E-state index contributed by atoms with van der Waals surface area (Å²) in [5.41, 5.74) is 0.611. The van der Waals surface area contributed by atoms with Gasteiger partial charge >= 0.3 is 0 Å². The second-order valence-electron chi connectivity index (χ2n) is 4.01. The van der Waals surface area contributed by atoms with Gasteiger partial charge < -0.3 is 14.7 Å². The summed E-state index contributed by atoms with van der Waals surface area (Å²) in [6, 6.07) is 4.17. The monoisotopic (exact) mass is 227 g/mol. The lowest BCUT2D eigenvalue weighted by Crippen LogP contribution is -2.19. The third-order valence-electron chi connectivity index (χ3n) is 2.22. The molecule has 0 aliphatic carbocycles. The highest BCUT2D eigenvalue weighted by Gasteiger charge is 2.10. The Kier molecular flexibility index (Phi) is 4.71. The molecule has 3 nitrogen and oxygen atoms in total. The predicted octanol–water partition coefficient (Wildman–Crippen LogP) is 1.82. The van der Waals surface area contributed by atoms with Gasteiger partial charge in [0.05, 0.1) is 6.10 Å². The molecule has 4 heteroatoms. The lowest BCUT2D eigenvalue weighted by Gasteiger charge is -2.15. The van der Waals surface area contributed by atoms with Gasteiger partial charge in [-0.1, -0.05) is 0 Å². The smallest absolute Gasteiger partial charge is 0.128 e. The second-order valence-corrected chi connectivity index (χ2v) is 4.01. The van der Waals surface area contributed by atoms with Gasteiger partial charge in [0.1, 0.15) is 18.2 Å². The third-order valence-corrected chi connectivity index (χ3v) is 2.22. The highest BCUT2D eigenvalue weighted by atomic mass is 19.1. The average Bonchev–Trinajstić information content (AvgIpc) is 2.16. The molecule has 0 aliphatic heterocycles. The minimum absolute atomic E-state index is 0.357. The van der Waals surface area contributed by atoms with E-state index >= 15 is 0 Å². The number of hydrogen-bond acceptors (Lipinski definition) is 3. The van der Waals surface area contributed by atoms with Crippen LogP contribution in [0.25, 0.3) is 0 Å². The summed E-state index contributed by atoms with van der Waals surface area (Å²) in [5.74, 6) is 0.0566. The Labute approximate surface area is 95.5 Å². The molecule has 1 atom stereocenters. The fourth-order valence-corrected chi connectivity index (χ4v) is 1.32. The molecule has 0 radical (unpaired) electrons. The average molecular weight is 227 g/mol. The minimum Gasteiger partial charge on any atom is -0.492 e. The van der Waals surface area contributed by atoms with E-state index in [0.717, 1.165) is 6.54 Å². The van der Waals surface area contributed by atoms with Gasteiger partial charge in [0, 0.05) is 18.2 Å². The summed E-state index contributed by atoms with van der Waals surface area (Å²) in [7, 11) is 3.87. The van der Waals surface area contributed by atoms with Crippen LogP contribution in [-0.2, 0) is 0 Å². The molecule has 1 aromatic rings. The van der Waals surface area contributed by atoms with Crippen LogP contribution in [0, 0.1) is 5.82 Å². The largest absolute Gasteiger partial charge is 0.492 e. The van der Waals surface area contributed by atoms with E-state index in [9.17, 15) is 9.50 Å². The molecule has 0 bridgehead atoms. The second kappa shape index (κ2) is 5.82. The van der Waals surface area contributed by atoms with Crippen LogP contribution in [0.1, 0.15) is 18.6 Å². The van der Waals surface area contributed by atoms with Gasteiger partial charge in [-0.2, -0.15) is 0 Å². The van der Waals surface area contributed by atoms with Crippen molar-refractivity contribution in [3.63, 3.8) is 0 Å².